The molecule has 4 atom stereocenters. The molecule has 0 spiro atoms. The number of hydrogen-bond acceptors (Lipinski definition) is 8. The molecular formula is C12H20N2O6-2. The summed E-state index contributed by atoms with van der Waals surface area (Å²) in [6, 6.07) is -0.972. The molecule has 8 heteroatoms. The monoisotopic (exact) mass is 288 g/mol. The van der Waals surface area contributed by atoms with E-state index in [2.05, 4.69) is 0 Å². The van der Waals surface area contributed by atoms with Crippen molar-refractivity contribution in [2.45, 2.75) is 50.0 Å². The number of rotatable bonds is 8. The van der Waals surface area contributed by atoms with Crippen molar-refractivity contribution in [1.29, 1.82) is 0 Å². The molecule has 3 rings (SSSR count). The van der Waals surface area contributed by atoms with Crippen LogP contribution in [0.2, 0.25) is 0 Å². The molecule has 0 aromatic carbocycles. The molecule has 2 aliphatic heterocycles. The third-order valence-corrected chi connectivity index (χ3v) is 3.82. The smallest absolute Gasteiger partial charge is 0.106 e. The summed E-state index contributed by atoms with van der Waals surface area (Å²) in [6.07, 6.45) is 3.18. The molecule has 0 aromatic heterocycles. The van der Waals surface area contributed by atoms with E-state index in [4.69, 9.17) is 19.1 Å². The van der Waals surface area contributed by atoms with Gasteiger partial charge in [0, 0.05) is 12.1 Å². The SMILES string of the molecule is [O-]N(OCC1CO1)C1CCCCC1N([O-])OC[C@H]1CO1. The Bertz CT molecular complexity index is 282. The van der Waals surface area contributed by atoms with E-state index in [0.717, 1.165) is 12.8 Å². The van der Waals surface area contributed by atoms with Gasteiger partial charge in [-0.1, -0.05) is 12.8 Å². The third kappa shape index (κ3) is 4.09. The molecule has 2 saturated heterocycles. The molecule has 2 heterocycles. The molecule has 20 heavy (non-hydrogen) atoms. The minimum atomic E-state index is -0.486. The van der Waals surface area contributed by atoms with E-state index in [1.165, 1.54) is 0 Å². The average Bonchev–Trinajstić information content (AvgIpc) is 3.36. The lowest BCUT2D eigenvalue weighted by atomic mass is 9.91. The zero-order valence-corrected chi connectivity index (χ0v) is 11.3. The van der Waals surface area contributed by atoms with Crippen LogP contribution in [0.1, 0.15) is 25.7 Å². The van der Waals surface area contributed by atoms with Gasteiger partial charge in [-0.15, -0.1) is 0 Å². The van der Waals surface area contributed by atoms with Crippen molar-refractivity contribution in [2.24, 2.45) is 0 Å². The molecule has 0 N–H and O–H groups in total. The van der Waals surface area contributed by atoms with Crippen LogP contribution in [0.25, 0.3) is 0 Å². The van der Waals surface area contributed by atoms with Gasteiger partial charge in [0.05, 0.1) is 26.4 Å². The summed E-state index contributed by atoms with van der Waals surface area (Å²) in [4.78, 5) is 10.3. The quantitative estimate of drug-likeness (QED) is 0.472. The standard InChI is InChI=1S/C12H20N2O6/c15-13(19-7-9-5-17-9)11-3-1-2-4-12(11)14(16)20-8-10-6-18-10/h9-12H,1-8H2/q-2/t9-,10?,11?,12?/m1/s1. The van der Waals surface area contributed by atoms with Crippen LogP contribution < -0.4 is 0 Å². The highest BCUT2D eigenvalue weighted by atomic mass is 16.9. The Morgan fingerprint density at radius 3 is 1.60 bits per heavy atom. The maximum absolute atomic E-state index is 12.0. The largest absolute Gasteiger partial charge is 0.762 e. The van der Waals surface area contributed by atoms with Gasteiger partial charge in [0.15, 0.2) is 0 Å². The van der Waals surface area contributed by atoms with E-state index in [-0.39, 0.29) is 25.4 Å². The average molecular weight is 288 g/mol. The first-order valence-corrected chi connectivity index (χ1v) is 7.16. The Morgan fingerprint density at radius 1 is 0.850 bits per heavy atom. The van der Waals surface area contributed by atoms with Crippen molar-refractivity contribution in [3.05, 3.63) is 10.4 Å². The normalized spacial score (nSPS) is 36.6. The Morgan fingerprint density at radius 2 is 1.25 bits per heavy atom. The van der Waals surface area contributed by atoms with Crippen LogP contribution in [0.5, 0.6) is 0 Å². The Kier molecular flexibility index (Phi) is 4.84. The lowest BCUT2D eigenvalue weighted by Gasteiger charge is -2.48. The second-order valence-corrected chi connectivity index (χ2v) is 5.49. The van der Waals surface area contributed by atoms with E-state index < -0.39 is 12.1 Å². The highest BCUT2D eigenvalue weighted by Crippen LogP contribution is 2.27. The van der Waals surface area contributed by atoms with Crippen LogP contribution >= 0.6 is 0 Å². The van der Waals surface area contributed by atoms with Gasteiger partial charge in [0.25, 0.3) is 0 Å². The molecule has 0 bridgehead atoms. The molecule has 0 radical (unpaired) electrons. The Hall–Kier alpha value is -0.320. The molecule has 3 aliphatic rings. The van der Waals surface area contributed by atoms with Crippen molar-refractivity contribution < 1.29 is 19.1 Å². The lowest BCUT2D eigenvalue weighted by molar-refractivity contribution is -0.218. The lowest BCUT2D eigenvalue weighted by Crippen LogP contribution is -2.50. The number of hydroxylamine groups is 4. The first-order valence-electron chi connectivity index (χ1n) is 7.16. The topological polar surface area (TPSA) is 96.1 Å². The molecule has 8 nitrogen and oxygen atoms in total. The van der Waals surface area contributed by atoms with Crippen LogP contribution in [0.15, 0.2) is 0 Å². The first-order chi connectivity index (χ1) is 9.74. The van der Waals surface area contributed by atoms with Crippen molar-refractivity contribution in [2.75, 3.05) is 26.4 Å². The second-order valence-electron chi connectivity index (χ2n) is 5.49. The predicted octanol–water partition coefficient (Wildman–Crippen LogP) is 0.558. The third-order valence-electron chi connectivity index (χ3n) is 3.82. The van der Waals surface area contributed by atoms with Crippen molar-refractivity contribution in [1.82, 2.24) is 10.5 Å². The van der Waals surface area contributed by atoms with Gasteiger partial charge in [-0.2, -0.15) is 0 Å². The number of ether oxygens (including phenoxy) is 2. The van der Waals surface area contributed by atoms with Gasteiger partial charge in [-0.25, -0.2) is 0 Å². The molecule has 1 saturated carbocycles. The fourth-order valence-electron chi connectivity index (χ4n) is 2.42. The summed E-state index contributed by atoms with van der Waals surface area (Å²) >= 11 is 0. The number of epoxide rings is 2. The van der Waals surface area contributed by atoms with Gasteiger partial charge >= 0.3 is 0 Å². The van der Waals surface area contributed by atoms with Crippen LogP contribution in [-0.2, 0) is 19.1 Å². The van der Waals surface area contributed by atoms with Crippen LogP contribution in [0.3, 0.4) is 0 Å². The van der Waals surface area contributed by atoms with Crippen LogP contribution in [-0.4, -0.2) is 61.2 Å². The van der Waals surface area contributed by atoms with Gasteiger partial charge in [-0.3, -0.25) is 10.5 Å². The summed E-state index contributed by atoms with van der Waals surface area (Å²) in [5.41, 5.74) is 0. The molecule has 1 aliphatic carbocycles. The van der Waals surface area contributed by atoms with Crippen LogP contribution in [0.4, 0.5) is 0 Å². The van der Waals surface area contributed by atoms with Crippen molar-refractivity contribution in [3.8, 4) is 0 Å². The molecule has 3 fully saturated rings. The highest BCUT2D eigenvalue weighted by molar-refractivity contribution is 4.86. The van der Waals surface area contributed by atoms with Crippen molar-refractivity contribution >= 4 is 0 Å². The zero-order chi connectivity index (χ0) is 13.9. The molecule has 116 valence electrons. The van der Waals surface area contributed by atoms with Gasteiger partial charge in [-0.05, 0) is 12.8 Å². The second kappa shape index (κ2) is 6.63. The fourth-order valence-corrected chi connectivity index (χ4v) is 2.42. The summed E-state index contributed by atoms with van der Waals surface area (Å²) in [7, 11) is 0. The minimum Gasteiger partial charge on any atom is -0.762 e. The van der Waals surface area contributed by atoms with Gasteiger partial charge < -0.3 is 29.6 Å². The van der Waals surface area contributed by atoms with Crippen LogP contribution in [0, 0.1) is 10.4 Å². The zero-order valence-electron chi connectivity index (χ0n) is 11.3. The molecule has 0 aromatic rings. The van der Waals surface area contributed by atoms with E-state index in [1.54, 1.807) is 0 Å². The molecule has 0 amide bonds. The molecular weight excluding hydrogens is 268 g/mol. The first kappa shape index (κ1) is 14.6. The van der Waals surface area contributed by atoms with Gasteiger partial charge in [0.1, 0.15) is 12.2 Å². The minimum absolute atomic E-state index is 0.0279. The summed E-state index contributed by atoms with van der Waals surface area (Å²) in [5, 5.41) is 25.1. The summed E-state index contributed by atoms with van der Waals surface area (Å²) < 4.78 is 9.98. The highest BCUT2D eigenvalue weighted by Gasteiger charge is 2.31. The van der Waals surface area contributed by atoms with E-state index >= 15 is 0 Å². The maximum Gasteiger partial charge on any atom is 0.106 e. The Balaban J connectivity index is 1.48. The van der Waals surface area contributed by atoms with Gasteiger partial charge in [0.2, 0.25) is 0 Å². The molecule has 3 unspecified atom stereocenters. The predicted molar refractivity (Wildman–Crippen MR) is 67.8 cm³/mol. The summed E-state index contributed by atoms with van der Waals surface area (Å²) in [6.45, 7) is 1.78. The van der Waals surface area contributed by atoms with E-state index in [1.807, 2.05) is 0 Å². The number of hydrogen-bond donors (Lipinski definition) is 0. The van der Waals surface area contributed by atoms with E-state index in [9.17, 15) is 10.4 Å². The summed E-state index contributed by atoms with van der Waals surface area (Å²) in [5.74, 6) is 0. The Labute approximate surface area is 117 Å². The number of nitrogens with zero attached hydrogens (tertiary/aromatic N) is 2. The van der Waals surface area contributed by atoms with Crippen molar-refractivity contribution in [3.63, 3.8) is 0 Å². The maximum atomic E-state index is 12.0. The van der Waals surface area contributed by atoms with E-state index in [0.29, 0.717) is 36.5 Å². The fraction of sp³-hybridized carbons (Fsp3) is 1.00.